The Bertz CT molecular complexity index is 556. The van der Waals surface area contributed by atoms with Gasteiger partial charge in [-0.2, -0.15) is 11.3 Å². The van der Waals surface area contributed by atoms with E-state index >= 15 is 0 Å². The van der Waals surface area contributed by atoms with E-state index in [0.717, 1.165) is 18.7 Å². The highest BCUT2D eigenvalue weighted by Crippen LogP contribution is 2.26. The number of methoxy groups -OCH3 is 1. The van der Waals surface area contributed by atoms with E-state index in [1.807, 2.05) is 18.2 Å². The Morgan fingerprint density at radius 3 is 2.67 bits per heavy atom. The van der Waals surface area contributed by atoms with Gasteiger partial charge >= 0.3 is 0 Å². The lowest BCUT2D eigenvalue weighted by Gasteiger charge is -2.38. The Labute approximate surface area is 131 Å². The van der Waals surface area contributed by atoms with Crippen LogP contribution in [0, 0.1) is 0 Å². The Balaban J connectivity index is 2.16. The van der Waals surface area contributed by atoms with Gasteiger partial charge in [0.05, 0.1) is 7.11 Å². The Hall–Kier alpha value is -1.36. The van der Waals surface area contributed by atoms with Crippen molar-refractivity contribution < 1.29 is 4.74 Å². The van der Waals surface area contributed by atoms with Gasteiger partial charge in [0.2, 0.25) is 0 Å². The summed E-state index contributed by atoms with van der Waals surface area (Å²) in [5, 5.41) is 4.31. The van der Waals surface area contributed by atoms with Gasteiger partial charge in [-0.15, -0.1) is 0 Å². The maximum Gasteiger partial charge on any atom is 0.122 e. The Morgan fingerprint density at radius 2 is 2.05 bits per heavy atom. The maximum atomic E-state index is 6.10. The van der Waals surface area contributed by atoms with Gasteiger partial charge < -0.3 is 10.5 Å². The zero-order valence-electron chi connectivity index (χ0n) is 13.0. The molecular formula is C17H24N2OS. The van der Waals surface area contributed by atoms with Crippen LogP contribution in [0.2, 0.25) is 0 Å². The smallest absolute Gasteiger partial charge is 0.122 e. The van der Waals surface area contributed by atoms with Crippen LogP contribution in [0.4, 0.5) is 0 Å². The molecule has 0 saturated heterocycles. The van der Waals surface area contributed by atoms with E-state index in [0.29, 0.717) is 6.54 Å². The van der Waals surface area contributed by atoms with Crippen LogP contribution >= 0.6 is 11.3 Å². The van der Waals surface area contributed by atoms with Gasteiger partial charge in [-0.25, -0.2) is 0 Å². The van der Waals surface area contributed by atoms with Crippen LogP contribution in [-0.4, -0.2) is 31.1 Å². The summed E-state index contributed by atoms with van der Waals surface area (Å²) in [5.41, 5.74) is 8.53. The standard InChI is InChI=1S/C17H24N2OS/c1-17(13-18,19(2)11-14-8-9-21-12-14)10-15-6-4-5-7-16(15)20-3/h4-9,12H,10-11,13,18H2,1-3H3. The highest BCUT2D eigenvalue weighted by atomic mass is 32.1. The predicted octanol–water partition coefficient (Wildman–Crippen LogP) is 3.15. The van der Waals surface area contributed by atoms with Crippen LogP contribution in [0.15, 0.2) is 41.1 Å². The summed E-state index contributed by atoms with van der Waals surface area (Å²) in [7, 11) is 3.85. The first kappa shape index (κ1) is 16.0. The SMILES string of the molecule is COc1ccccc1CC(C)(CN)N(C)Cc1ccsc1. The van der Waals surface area contributed by atoms with Gasteiger partial charge in [0.1, 0.15) is 5.75 Å². The van der Waals surface area contributed by atoms with E-state index in [-0.39, 0.29) is 5.54 Å². The lowest BCUT2D eigenvalue weighted by atomic mass is 9.90. The number of nitrogens with two attached hydrogens (primary N) is 1. The van der Waals surface area contributed by atoms with E-state index in [1.165, 1.54) is 11.1 Å². The maximum absolute atomic E-state index is 6.10. The molecule has 2 aromatic rings. The minimum Gasteiger partial charge on any atom is -0.496 e. The summed E-state index contributed by atoms with van der Waals surface area (Å²) >= 11 is 1.73. The number of hydrogen-bond acceptors (Lipinski definition) is 4. The molecule has 0 aliphatic heterocycles. The second-order valence-electron chi connectivity index (χ2n) is 5.68. The van der Waals surface area contributed by atoms with E-state index < -0.39 is 0 Å². The van der Waals surface area contributed by atoms with Gasteiger partial charge in [-0.3, -0.25) is 4.90 Å². The van der Waals surface area contributed by atoms with E-state index in [2.05, 4.69) is 41.8 Å². The van der Waals surface area contributed by atoms with Crippen molar-refractivity contribution in [3.05, 3.63) is 52.2 Å². The number of para-hydroxylation sites is 1. The second-order valence-corrected chi connectivity index (χ2v) is 6.46. The third-order valence-corrected chi connectivity index (χ3v) is 4.86. The molecule has 1 aromatic carbocycles. The minimum absolute atomic E-state index is 0.101. The van der Waals surface area contributed by atoms with Gasteiger partial charge in [0, 0.05) is 18.6 Å². The minimum atomic E-state index is -0.101. The fourth-order valence-corrected chi connectivity index (χ4v) is 3.13. The lowest BCUT2D eigenvalue weighted by Crippen LogP contribution is -2.50. The third kappa shape index (κ3) is 3.84. The molecule has 2 rings (SSSR count). The summed E-state index contributed by atoms with van der Waals surface area (Å²) < 4.78 is 5.46. The quantitative estimate of drug-likeness (QED) is 0.854. The molecule has 21 heavy (non-hydrogen) atoms. The molecule has 3 nitrogen and oxygen atoms in total. The molecule has 0 radical (unpaired) electrons. The summed E-state index contributed by atoms with van der Waals surface area (Å²) in [6, 6.07) is 10.3. The molecule has 0 fully saturated rings. The number of hydrogen-bond donors (Lipinski definition) is 1. The highest BCUT2D eigenvalue weighted by Gasteiger charge is 2.29. The number of nitrogens with zero attached hydrogens (tertiary/aromatic N) is 1. The zero-order chi connectivity index (χ0) is 15.3. The van der Waals surface area contributed by atoms with E-state index in [9.17, 15) is 0 Å². The molecule has 1 aromatic heterocycles. The molecule has 114 valence electrons. The second kappa shape index (κ2) is 7.07. The van der Waals surface area contributed by atoms with Crippen molar-refractivity contribution in [3.8, 4) is 5.75 Å². The molecule has 0 spiro atoms. The molecular weight excluding hydrogens is 280 g/mol. The van der Waals surface area contributed by atoms with Gasteiger partial charge in [-0.05, 0) is 54.4 Å². The summed E-state index contributed by atoms with van der Waals surface area (Å²) in [6.45, 7) is 3.73. The molecule has 2 N–H and O–H groups in total. The number of likely N-dealkylation sites (N-methyl/N-ethyl adjacent to an activating group) is 1. The first-order chi connectivity index (χ1) is 10.1. The molecule has 1 unspecified atom stereocenters. The number of thiophene rings is 1. The van der Waals surface area contributed by atoms with Gasteiger partial charge in [0.15, 0.2) is 0 Å². The average Bonchev–Trinajstić information content (AvgIpc) is 3.00. The third-order valence-electron chi connectivity index (χ3n) is 4.12. The highest BCUT2D eigenvalue weighted by molar-refractivity contribution is 7.07. The molecule has 0 aliphatic carbocycles. The Morgan fingerprint density at radius 1 is 1.29 bits per heavy atom. The van der Waals surface area contributed by atoms with Crippen LogP contribution < -0.4 is 10.5 Å². The largest absolute Gasteiger partial charge is 0.496 e. The molecule has 0 bridgehead atoms. The summed E-state index contributed by atoms with van der Waals surface area (Å²) in [4.78, 5) is 2.33. The normalized spacial score (nSPS) is 14.1. The monoisotopic (exact) mass is 304 g/mol. The molecule has 0 saturated carbocycles. The topological polar surface area (TPSA) is 38.5 Å². The van der Waals surface area contributed by atoms with Crippen molar-refractivity contribution in [1.29, 1.82) is 0 Å². The van der Waals surface area contributed by atoms with Crippen molar-refractivity contribution in [2.75, 3.05) is 20.7 Å². The van der Waals surface area contributed by atoms with Crippen LogP contribution in [0.5, 0.6) is 5.75 Å². The van der Waals surface area contributed by atoms with E-state index in [1.54, 1.807) is 18.4 Å². The molecule has 0 aliphatic rings. The van der Waals surface area contributed by atoms with Gasteiger partial charge in [0.25, 0.3) is 0 Å². The molecule has 1 heterocycles. The van der Waals surface area contributed by atoms with Crippen molar-refractivity contribution in [1.82, 2.24) is 4.90 Å². The van der Waals surface area contributed by atoms with Crippen molar-refractivity contribution >= 4 is 11.3 Å². The first-order valence-electron chi connectivity index (χ1n) is 7.13. The molecule has 0 amide bonds. The fourth-order valence-electron chi connectivity index (χ4n) is 2.47. The van der Waals surface area contributed by atoms with Crippen LogP contribution in [0.1, 0.15) is 18.1 Å². The lowest BCUT2D eigenvalue weighted by molar-refractivity contribution is 0.135. The van der Waals surface area contributed by atoms with Crippen molar-refractivity contribution in [3.63, 3.8) is 0 Å². The van der Waals surface area contributed by atoms with Crippen LogP contribution in [0.3, 0.4) is 0 Å². The van der Waals surface area contributed by atoms with Crippen LogP contribution in [-0.2, 0) is 13.0 Å². The average molecular weight is 304 g/mol. The fraction of sp³-hybridized carbons (Fsp3) is 0.412. The number of benzene rings is 1. The van der Waals surface area contributed by atoms with Gasteiger partial charge in [-0.1, -0.05) is 18.2 Å². The Kier molecular flexibility index (Phi) is 5.39. The number of ether oxygens (including phenoxy) is 1. The van der Waals surface area contributed by atoms with Crippen LogP contribution in [0.25, 0.3) is 0 Å². The first-order valence-corrected chi connectivity index (χ1v) is 8.07. The van der Waals surface area contributed by atoms with Crippen molar-refractivity contribution in [2.24, 2.45) is 5.73 Å². The van der Waals surface area contributed by atoms with Crippen molar-refractivity contribution in [2.45, 2.75) is 25.4 Å². The predicted molar refractivity (Wildman–Crippen MR) is 89.9 cm³/mol. The molecule has 1 atom stereocenters. The summed E-state index contributed by atoms with van der Waals surface area (Å²) in [5.74, 6) is 0.932. The zero-order valence-corrected chi connectivity index (χ0v) is 13.8. The molecule has 4 heteroatoms. The van der Waals surface area contributed by atoms with E-state index in [4.69, 9.17) is 10.5 Å². The number of rotatable bonds is 7. The summed E-state index contributed by atoms with van der Waals surface area (Å²) in [6.07, 6.45) is 0.869.